The van der Waals surface area contributed by atoms with Crippen LogP contribution in [0.4, 0.5) is 0 Å². The summed E-state index contributed by atoms with van der Waals surface area (Å²) in [4.78, 5) is 13.6. The van der Waals surface area contributed by atoms with Gasteiger partial charge in [0.05, 0.1) is 11.2 Å². The predicted octanol–water partition coefficient (Wildman–Crippen LogP) is 3.49. The minimum Gasteiger partial charge on any atom is -0.264 e. The van der Waals surface area contributed by atoms with Crippen molar-refractivity contribution in [3.8, 4) is 17.2 Å². The normalized spacial score (nSPS) is 11.0. The number of aryl methyl sites for hydroxylation is 2. The van der Waals surface area contributed by atoms with E-state index in [-0.39, 0.29) is 0 Å². The fourth-order valence-corrected chi connectivity index (χ4v) is 2.69. The molecule has 0 saturated carbocycles. The van der Waals surface area contributed by atoms with E-state index < -0.39 is 0 Å². The van der Waals surface area contributed by atoms with Gasteiger partial charge in [-0.15, -0.1) is 0 Å². The molecular formula is C18H15N5. The fourth-order valence-electron chi connectivity index (χ4n) is 2.69. The van der Waals surface area contributed by atoms with Crippen LogP contribution in [0, 0.1) is 13.8 Å². The minimum atomic E-state index is 0.652. The summed E-state index contributed by atoms with van der Waals surface area (Å²) >= 11 is 0. The molecule has 4 rings (SSSR count). The Morgan fingerprint density at radius 3 is 2.57 bits per heavy atom. The molecule has 112 valence electrons. The van der Waals surface area contributed by atoms with E-state index in [4.69, 9.17) is 4.98 Å². The van der Waals surface area contributed by atoms with Gasteiger partial charge in [0.2, 0.25) is 0 Å². The van der Waals surface area contributed by atoms with Gasteiger partial charge < -0.3 is 0 Å². The standard InChI is InChI=1S/C18H15N5/c1-12-10-13(2)23(22-12)18-15-7-3-4-8-16(15)20-17(21-18)14-6-5-9-19-11-14/h3-11H,1-2H3. The quantitative estimate of drug-likeness (QED) is 0.568. The average Bonchev–Trinajstić information content (AvgIpc) is 2.93. The smallest absolute Gasteiger partial charge is 0.165 e. The average molecular weight is 301 g/mol. The van der Waals surface area contributed by atoms with Gasteiger partial charge in [-0.25, -0.2) is 14.6 Å². The SMILES string of the molecule is Cc1cc(C)n(-c2nc(-c3cccnc3)nc3ccccc23)n1. The highest BCUT2D eigenvalue weighted by molar-refractivity contribution is 5.87. The van der Waals surface area contributed by atoms with Crippen molar-refractivity contribution in [2.45, 2.75) is 13.8 Å². The molecular weight excluding hydrogens is 286 g/mol. The second-order valence-electron chi connectivity index (χ2n) is 5.47. The van der Waals surface area contributed by atoms with Gasteiger partial charge in [0.1, 0.15) is 0 Å². The lowest BCUT2D eigenvalue weighted by Crippen LogP contribution is -2.05. The largest absolute Gasteiger partial charge is 0.264 e. The summed E-state index contributed by atoms with van der Waals surface area (Å²) in [7, 11) is 0. The Hall–Kier alpha value is -3.08. The number of rotatable bonds is 2. The number of benzene rings is 1. The molecule has 0 N–H and O–H groups in total. The molecule has 0 aliphatic heterocycles. The molecule has 5 nitrogen and oxygen atoms in total. The molecule has 0 bridgehead atoms. The molecule has 0 unspecified atom stereocenters. The Kier molecular flexibility index (Phi) is 3.12. The first-order valence-corrected chi connectivity index (χ1v) is 7.43. The van der Waals surface area contributed by atoms with Gasteiger partial charge >= 0.3 is 0 Å². The Balaban J connectivity index is 2.04. The zero-order valence-electron chi connectivity index (χ0n) is 12.9. The van der Waals surface area contributed by atoms with E-state index in [9.17, 15) is 0 Å². The number of hydrogen-bond donors (Lipinski definition) is 0. The highest BCUT2D eigenvalue weighted by Crippen LogP contribution is 2.24. The van der Waals surface area contributed by atoms with Crippen molar-refractivity contribution in [2.75, 3.05) is 0 Å². The number of hydrogen-bond acceptors (Lipinski definition) is 4. The molecule has 0 spiro atoms. The van der Waals surface area contributed by atoms with Crippen molar-refractivity contribution in [3.05, 3.63) is 66.2 Å². The van der Waals surface area contributed by atoms with Crippen LogP contribution in [-0.2, 0) is 0 Å². The maximum atomic E-state index is 4.76. The highest BCUT2D eigenvalue weighted by atomic mass is 15.3. The Morgan fingerprint density at radius 2 is 1.83 bits per heavy atom. The van der Waals surface area contributed by atoms with Crippen molar-refractivity contribution in [2.24, 2.45) is 0 Å². The summed E-state index contributed by atoms with van der Waals surface area (Å²) < 4.78 is 1.87. The molecule has 0 saturated heterocycles. The summed E-state index contributed by atoms with van der Waals surface area (Å²) in [6, 6.07) is 13.9. The lowest BCUT2D eigenvalue weighted by Gasteiger charge is -2.10. The number of pyridine rings is 1. The van der Waals surface area contributed by atoms with E-state index in [2.05, 4.69) is 15.1 Å². The monoisotopic (exact) mass is 301 g/mol. The molecule has 3 heterocycles. The zero-order valence-corrected chi connectivity index (χ0v) is 12.9. The van der Waals surface area contributed by atoms with Gasteiger partial charge in [0.25, 0.3) is 0 Å². The van der Waals surface area contributed by atoms with Gasteiger partial charge in [0, 0.05) is 29.0 Å². The fraction of sp³-hybridized carbons (Fsp3) is 0.111. The van der Waals surface area contributed by atoms with Crippen LogP contribution in [-0.4, -0.2) is 24.7 Å². The molecule has 4 aromatic rings. The van der Waals surface area contributed by atoms with Crippen LogP contribution >= 0.6 is 0 Å². The van der Waals surface area contributed by atoms with Crippen LogP contribution in [0.3, 0.4) is 0 Å². The van der Waals surface area contributed by atoms with E-state index in [1.807, 2.05) is 61.0 Å². The zero-order chi connectivity index (χ0) is 15.8. The number of nitrogens with zero attached hydrogens (tertiary/aromatic N) is 5. The summed E-state index contributed by atoms with van der Waals surface area (Å²) in [5, 5.41) is 5.55. The van der Waals surface area contributed by atoms with Crippen LogP contribution in [0.2, 0.25) is 0 Å². The van der Waals surface area contributed by atoms with Gasteiger partial charge in [-0.2, -0.15) is 5.10 Å². The molecule has 23 heavy (non-hydrogen) atoms. The second-order valence-corrected chi connectivity index (χ2v) is 5.47. The number of para-hydroxylation sites is 1. The third-order valence-corrected chi connectivity index (χ3v) is 3.71. The number of aromatic nitrogens is 5. The summed E-state index contributed by atoms with van der Waals surface area (Å²) in [5.41, 5.74) is 3.79. The molecule has 0 fully saturated rings. The first-order chi connectivity index (χ1) is 11.2. The Morgan fingerprint density at radius 1 is 0.957 bits per heavy atom. The third kappa shape index (κ3) is 2.36. The van der Waals surface area contributed by atoms with Crippen molar-refractivity contribution < 1.29 is 0 Å². The maximum Gasteiger partial charge on any atom is 0.165 e. The van der Waals surface area contributed by atoms with E-state index in [0.29, 0.717) is 5.82 Å². The topological polar surface area (TPSA) is 56.5 Å². The van der Waals surface area contributed by atoms with E-state index in [0.717, 1.165) is 33.7 Å². The van der Waals surface area contributed by atoms with Crippen molar-refractivity contribution in [1.82, 2.24) is 24.7 Å². The van der Waals surface area contributed by atoms with E-state index >= 15 is 0 Å². The molecule has 0 aliphatic rings. The summed E-state index contributed by atoms with van der Waals surface area (Å²) in [6.45, 7) is 4.01. The second kappa shape index (κ2) is 5.28. The molecule has 0 amide bonds. The van der Waals surface area contributed by atoms with Crippen LogP contribution < -0.4 is 0 Å². The molecule has 0 radical (unpaired) electrons. The van der Waals surface area contributed by atoms with Crippen molar-refractivity contribution in [3.63, 3.8) is 0 Å². The molecule has 3 aromatic heterocycles. The molecule has 0 atom stereocenters. The lowest BCUT2D eigenvalue weighted by atomic mass is 10.2. The van der Waals surface area contributed by atoms with Crippen LogP contribution in [0.25, 0.3) is 28.1 Å². The molecule has 1 aromatic carbocycles. The number of fused-ring (bicyclic) bond motifs is 1. The first kappa shape index (κ1) is 13.6. The van der Waals surface area contributed by atoms with Gasteiger partial charge in [-0.1, -0.05) is 12.1 Å². The van der Waals surface area contributed by atoms with E-state index in [1.54, 1.807) is 12.4 Å². The van der Waals surface area contributed by atoms with Gasteiger partial charge in [-0.05, 0) is 44.2 Å². The van der Waals surface area contributed by atoms with Crippen molar-refractivity contribution >= 4 is 10.9 Å². The van der Waals surface area contributed by atoms with Crippen LogP contribution in [0.5, 0.6) is 0 Å². The van der Waals surface area contributed by atoms with Gasteiger partial charge in [-0.3, -0.25) is 4.98 Å². The first-order valence-electron chi connectivity index (χ1n) is 7.43. The minimum absolute atomic E-state index is 0.652. The maximum absolute atomic E-state index is 4.76. The van der Waals surface area contributed by atoms with E-state index in [1.165, 1.54) is 0 Å². The summed E-state index contributed by atoms with van der Waals surface area (Å²) in [5.74, 6) is 1.44. The summed E-state index contributed by atoms with van der Waals surface area (Å²) in [6.07, 6.45) is 3.52. The van der Waals surface area contributed by atoms with Crippen LogP contribution in [0.15, 0.2) is 54.9 Å². The predicted molar refractivity (Wildman–Crippen MR) is 89.4 cm³/mol. The molecule has 5 heteroatoms. The third-order valence-electron chi connectivity index (χ3n) is 3.71. The highest BCUT2D eigenvalue weighted by Gasteiger charge is 2.13. The van der Waals surface area contributed by atoms with Crippen molar-refractivity contribution in [1.29, 1.82) is 0 Å². The van der Waals surface area contributed by atoms with Gasteiger partial charge in [0.15, 0.2) is 11.6 Å². The Bertz CT molecular complexity index is 989. The van der Waals surface area contributed by atoms with Crippen LogP contribution in [0.1, 0.15) is 11.4 Å². The Labute approximate surface area is 133 Å². The lowest BCUT2D eigenvalue weighted by molar-refractivity contribution is 0.811. The molecule has 0 aliphatic carbocycles.